The molecule has 1 saturated heterocycles. The van der Waals surface area contributed by atoms with Crippen LogP contribution in [0.2, 0.25) is 0 Å². The molecule has 0 bridgehead atoms. The summed E-state index contributed by atoms with van der Waals surface area (Å²) >= 11 is 0. The molecule has 1 unspecified atom stereocenters. The van der Waals surface area contributed by atoms with Crippen molar-refractivity contribution in [1.82, 2.24) is 10.2 Å². The summed E-state index contributed by atoms with van der Waals surface area (Å²) in [5, 5.41) is 3.32. The fourth-order valence-corrected chi connectivity index (χ4v) is 2.50. The molecule has 4 nitrogen and oxygen atoms in total. The van der Waals surface area contributed by atoms with Gasteiger partial charge in [0.15, 0.2) is 0 Å². The van der Waals surface area contributed by atoms with Crippen molar-refractivity contribution in [1.29, 1.82) is 0 Å². The Balaban J connectivity index is 1.84. The van der Waals surface area contributed by atoms with Crippen LogP contribution < -0.4 is 10.2 Å². The summed E-state index contributed by atoms with van der Waals surface area (Å²) in [7, 11) is 4.07. The van der Waals surface area contributed by atoms with Crippen molar-refractivity contribution in [3.05, 3.63) is 29.8 Å². The van der Waals surface area contributed by atoms with Gasteiger partial charge in [-0.1, -0.05) is 12.1 Å². The number of carbonyl (C=O) groups is 1. The highest BCUT2D eigenvalue weighted by atomic mass is 16.2. The van der Waals surface area contributed by atoms with Gasteiger partial charge >= 0.3 is 0 Å². The van der Waals surface area contributed by atoms with Gasteiger partial charge in [0.2, 0.25) is 5.91 Å². The zero-order chi connectivity index (χ0) is 14.5. The number of hydrogen-bond donors (Lipinski definition) is 1. The normalized spacial score (nSPS) is 16.2. The van der Waals surface area contributed by atoms with Gasteiger partial charge in [-0.25, -0.2) is 0 Å². The van der Waals surface area contributed by atoms with Crippen LogP contribution in [0.3, 0.4) is 0 Å². The molecular weight excluding hydrogens is 250 g/mol. The van der Waals surface area contributed by atoms with Crippen LogP contribution in [0.4, 0.5) is 5.69 Å². The second-order valence-electron chi connectivity index (χ2n) is 5.68. The summed E-state index contributed by atoms with van der Waals surface area (Å²) in [6.45, 7) is 4.37. The highest BCUT2D eigenvalue weighted by Gasteiger charge is 2.18. The van der Waals surface area contributed by atoms with E-state index in [4.69, 9.17) is 0 Å². The number of nitrogens with zero attached hydrogens (tertiary/aromatic N) is 2. The quantitative estimate of drug-likeness (QED) is 0.893. The second kappa shape index (κ2) is 6.75. The molecule has 2 rings (SSSR count). The van der Waals surface area contributed by atoms with Crippen LogP contribution in [-0.2, 0) is 4.79 Å². The predicted molar refractivity (Wildman–Crippen MR) is 83.0 cm³/mol. The molecule has 110 valence electrons. The van der Waals surface area contributed by atoms with E-state index in [0.29, 0.717) is 6.54 Å². The number of anilines is 1. The highest BCUT2D eigenvalue weighted by Crippen LogP contribution is 2.17. The summed E-state index contributed by atoms with van der Waals surface area (Å²) < 4.78 is 0. The number of amides is 1. The topological polar surface area (TPSA) is 35.6 Å². The summed E-state index contributed by atoms with van der Waals surface area (Å²) in [5.41, 5.74) is 2.40. The Morgan fingerprint density at radius 2 is 1.85 bits per heavy atom. The molecule has 0 radical (unpaired) electrons. The maximum Gasteiger partial charge on any atom is 0.236 e. The zero-order valence-electron chi connectivity index (χ0n) is 12.7. The number of rotatable bonds is 5. The predicted octanol–water partition coefficient (Wildman–Crippen LogP) is 2.03. The molecule has 0 aromatic heterocycles. The molecule has 1 atom stereocenters. The van der Waals surface area contributed by atoms with Crippen molar-refractivity contribution in [2.45, 2.75) is 25.8 Å². The van der Waals surface area contributed by atoms with E-state index in [-0.39, 0.29) is 11.9 Å². The lowest BCUT2D eigenvalue weighted by Crippen LogP contribution is -2.37. The van der Waals surface area contributed by atoms with Gasteiger partial charge < -0.3 is 15.1 Å². The smallest absolute Gasteiger partial charge is 0.236 e. The van der Waals surface area contributed by atoms with E-state index in [1.807, 2.05) is 19.0 Å². The minimum absolute atomic E-state index is 0.192. The van der Waals surface area contributed by atoms with Gasteiger partial charge in [-0.3, -0.25) is 4.79 Å². The first-order valence-electron chi connectivity index (χ1n) is 7.36. The lowest BCUT2D eigenvalue weighted by Gasteiger charge is -2.19. The average molecular weight is 275 g/mol. The van der Waals surface area contributed by atoms with Crippen molar-refractivity contribution in [2.24, 2.45) is 0 Å². The molecule has 0 aliphatic carbocycles. The third-order valence-electron chi connectivity index (χ3n) is 3.93. The molecule has 20 heavy (non-hydrogen) atoms. The minimum Gasteiger partial charge on any atom is -0.378 e. The van der Waals surface area contributed by atoms with Gasteiger partial charge in [0.05, 0.1) is 6.54 Å². The Morgan fingerprint density at radius 3 is 2.40 bits per heavy atom. The number of benzene rings is 1. The van der Waals surface area contributed by atoms with Crippen LogP contribution in [0, 0.1) is 0 Å². The van der Waals surface area contributed by atoms with Crippen molar-refractivity contribution in [2.75, 3.05) is 38.6 Å². The molecule has 1 aromatic carbocycles. The largest absolute Gasteiger partial charge is 0.378 e. The first-order valence-corrected chi connectivity index (χ1v) is 7.36. The highest BCUT2D eigenvalue weighted by molar-refractivity contribution is 5.78. The fourth-order valence-electron chi connectivity index (χ4n) is 2.50. The zero-order valence-corrected chi connectivity index (χ0v) is 12.7. The van der Waals surface area contributed by atoms with Crippen LogP contribution in [0.5, 0.6) is 0 Å². The van der Waals surface area contributed by atoms with Gasteiger partial charge in [-0.2, -0.15) is 0 Å². The standard InChI is InChI=1S/C16H25N3O/c1-13(14-6-8-15(9-7-14)18(2)3)17-12-16(20)19-10-4-5-11-19/h6-9,13,17H,4-5,10-12H2,1-3H3. The molecular formula is C16H25N3O. The Hall–Kier alpha value is -1.55. The Bertz CT molecular complexity index is 436. The van der Waals surface area contributed by atoms with Crippen LogP contribution in [0.1, 0.15) is 31.4 Å². The monoisotopic (exact) mass is 275 g/mol. The number of likely N-dealkylation sites (tertiary alicyclic amines) is 1. The Kier molecular flexibility index (Phi) is 5.01. The van der Waals surface area contributed by atoms with Crippen LogP contribution >= 0.6 is 0 Å². The van der Waals surface area contributed by atoms with Crippen molar-refractivity contribution >= 4 is 11.6 Å². The molecule has 1 heterocycles. The van der Waals surface area contributed by atoms with Crippen molar-refractivity contribution in [3.8, 4) is 0 Å². The van der Waals surface area contributed by atoms with E-state index in [2.05, 4.69) is 41.4 Å². The molecule has 1 fully saturated rings. The summed E-state index contributed by atoms with van der Waals surface area (Å²) in [6.07, 6.45) is 2.29. The van der Waals surface area contributed by atoms with Crippen LogP contribution in [0.15, 0.2) is 24.3 Å². The van der Waals surface area contributed by atoms with E-state index in [1.165, 1.54) is 11.3 Å². The summed E-state index contributed by atoms with van der Waals surface area (Å²) in [5.74, 6) is 0.222. The van der Waals surface area contributed by atoms with E-state index in [9.17, 15) is 4.79 Å². The molecule has 0 spiro atoms. The van der Waals surface area contributed by atoms with Crippen LogP contribution in [0.25, 0.3) is 0 Å². The lowest BCUT2D eigenvalue weighted by molar-refractivity contribution is -0.129. The number of carbonyl (C=O) groups excluding carboxylic acids is 1. The molecule has 0 saturated carbocycles. The molecule has 1 aliphatic rings. The third-order valence-corrected chi connectivity index (χ3v) is 3.93. The minimum atomic E-state index is 0.192. The lowest BCUT2D eigenvalue weighted by atomic mass is 10.1. The van der Waals surface area contributed by atoms with E-state index in [0.717, 1.165) is 25.9 Å². The fraction of sp³-hybridized carbons (Fsp3) is 0.562. The molecule has 1 aromatic rings. The first-order chi connectivity index (χ1) is 9.58. The van der Waals surface area contributed by atoms with E-state index < -0.39 is 0 Å². The summed E-state index contributed by atoms with van der Waals surface area (Å²) in [6, 6.07) is 8.64. The van der Waals surface area contributed by atoms with Crippen molar-refractivity contribution in [3.63, 3.8) is 0 Å². The third kappa shape index (κ3) is 3.73. The average Bonchev–Trinajstić information content (AvgIpc) is 2.98. The van der Waals surface area contributed by atoms with E-state index >= 15 is 0 Å². The SMILES string of the molecule is CC(NCC(=O)N1CCCC1)c1ccc(N(C)C)cc1. The van der Waals surface area contributed by atoms with Gasteiger partial charge in [-0.05, 0) is 37.5 Å². The van der Waals surface area contributed by atoms with Gasteiger partial charge in [0.25, 0.3) is 0 Å². The maximum atomic E-state index is 12.0. The van der Waals surface area contributed by atoms with E-state index in [1.54, 1.807) is 0 Å². The van der Waals surface area contributed by atoms with Gasteiger partial charge in [-0.15, -0.1) is 0 Å². The Morgan fingerprint density at radius 1 is 1.25 bits per heavy atom. The number of nitrogens with one attached hydrogen (secondary N) is 1. The molecule has 1 amide bonds. The second-order valence-corrected chi connectivity index (χ2v) is 5.68. The molecule has 1 N–H and O–H groups in total. The first kappa shape index (κ1) is 14.9. The Labute approximate surface area is 121 Å². The van der Waals surface area contributed by atoms with Gasteiger partial charge in [0, 0.05) is 38.9 Å². The number of hydrogen-bond acceptors (Lipinski definition) is 3. The summed E-state index contributed by atoms with van der Waals surface area (Å²) in [4.78, 5) is 16.0. The maximum absolute atomic E-state index is 12.0. The van der Waals surface area contributed by atoms with Gasteiger partial charge in [0.1, 0.15) is 0 Å². The molecule has 1 aliphatic heterocycles. The van der Waals surface area contributed by atoms with Crippen molar-refractivity contribution < 1.29 is 4.79 Å². The van der Waals surface area contributed by atoms with Crippen LogP contribution in [-0.4, -0.2) is 44.5 Å². The molecule has 4 heteroatoms.